The Hall–Kier alpha value is -2.46. The Morgan fingerprint density at radius 2 is 2.00 bits per heavy atom. The van der Waals surface area contributed by atoms with Crippen molar-refractivity contribution in [1.82, 2.24) is 9.88 Å². The first-order valence-electron chi connectivity index (χ1n) is 8.18. The highest BCUT2D eigenvalue weighted by atomic mass is 19.1. The smallest absolute Gasteiger partial charge is 0.218 e. The van der Waals surface area contributed by atoms with E-state index in [4.69, 9.17) is 9.72 Å². The summed E-state index contributed by atoms with van der Waals surface area (Å²) in [5.74, 6) is 0.535. The van der Waals surface area contributed by atoms with E-state index in [2.05, 4.69) is 36.1 Å². The molecule has 122 valence electrons. The van der Waals surface area contributed by atoms with Crippen LogP contribution >= 0.6 is 0 Å². The number of fused-ring (bicyclic) bond motifs is 2. The Kier molecular flexibility index (Phi) is 3.90. The SMILES string of the molecule is Cc1cccc2cc3c(nc12)OCCN(Cc1ccc(F)cc1)C3. The molecule has 24 heavy (non-hydrogen) atoms. The van der Waals surface area contributed by atoms with Crippen LogP contribution in [0.5, 0.6) is 5.88 Å². The summed E-state index contributed by atoms with van der Waals surface area (Å²) in [5, 5.41) is 1.14. The zero-order chi connectivity index (χ0) is 16.5. The maximum atomic E-state index is 13.1. The highest BCUT2D eigenvalue weighted by molar-refractivity contribution is 5.83. The molecule has 3 nitrogen and oxygen atoms in total. The molecule has 0 amide bonds. The predicted octanol–water partition coefficient (Wildman–Crippen LogP) is 4.08. The van der Waals surface area contributed by atoms with Gasteiger partial charge in [0.1, 0.15) is 12.4 Å². The van der Waals surface area contributed by atoms with E-state index in [0.29, 0.717) is 6.61 Å². The number of ether oxygens (including phenoxy) is 1. The van der Waals surface area contributed by atoms with Crippen molar-refractivity contribution in [2.75, 3.05) is 13.2 Å². The molecule has 2 aromatic carbocycles. The summed E-state index contributed by atoms with van der Waals surface area (Å²) in [7, 11) is 0. The third-order valence-corrected chi connectivity index (χ3v) is 4.45. The molecular formula is C20H19FN2O. The molecule has 0 radical (unpaired) electrons. The van der Waals surface area contributed by atoms with Crippen molar-refractivity contribution >= 4 is 10.9 Å². The second-order valence-electron chi connectivity index (χ2n) is 6.28. The van der Waals surface area contributed by atoms with Crippen LogP contribution < -0.4 is 4.74 Å². The standard InChI is InChI=1S/C20H19FN2O/c1-14-3-2-4-16-11-17-13-23(9-10-24-20(17)22-19(14)16)12-15-5-7-18(21)8-6-15/h2-8,11H,9-10,12-13H2,1H3. The van der Waals surface area contributed by atoms with E-state index in [9.17, 15) is 4.39 Å². The van der Waals surface area contributed by atoms with Crippen molar-refractivity contribution in [3.63, 3.8) is 0 Å². The molecule has 1 aromatic heterocycles. The second-order valence-corrected chi connectivity index (χ2v) is 6.28. The molecule has 0 saturated carbocycles. The van der Waals surface area contributed by atoms with Gasteiger partial charge in [-0.15, -0.1) is 0 Å². The number of hydrogen-bond donors (Lipinski definition) is 0. The fraction of sp³-hybridized carbons (Fsp3) is 0.250. The lowest BCUT2D eigenvalue weighted by Gasteiger charge is -2.19. The highest BCUT2D eigenvalue weighted by Gasteiger charge is 2.18. The second kappa shape index (κ2) is 6.21. The molecule has 4 heteroatoms. The van der Waals surface area contributed by atoms with Gasteiger partial charge in [0.25, 0.3) is 0 Å². The summed E-state index contributed by atoms with van der Waals surface area (Å²) in [5.41, 5.74) is 4.37. The van der Waals surface area contributed by atoms with Crippen LogP contribution in [0.15, 0.2) is 48.5 Å². The summed E-state index contributed by atoms with van der Waals surface area (Å²) in [6, 6.07) is 15.1. The third-order valence-electron chi connectivity index (χ3n) is 4.45. The Bertz CT molecular complexity index is 877. The number of aromatic nitrogens is 1. The fourth-order valence-corrected chi connectivity index (χ4v) is 3.19. The molecule has 0 saturated heterocycles. The van der Waals surface area contributed by atoms with Gasteiger partial charge in [0.2, 0.25) is 5.88 Å². The first-order valence-corrected chi connectivity index (χ1v) is 8.18. The van der Waals surface area contributed by atoms with Gasteiger partial charge < -0.3 is 4.74 Å². The molecular weight excluding hydrogens is 303 g/mol. The van der Waals surface area contributed by atoms with E-state index >= 15 is 0 Å². The van der Waals surface area contributed by atoms with Gasteiger partial charge in [0.05, 0.1) is 5.52 Å². The van der Waals surface area contributed by atoms with Crippen molar-refractivity contribution in [2.45, 2.75) is 20.0 Å². The number of pyridine rings is 1. The van der Waals surface area contributed by atoms with Crippen LogP contribution in [-0.2, 0) is 13.1 Å². The minimum atomic E-state index is -0.200. The van der Waals surface area contributed by atoms with Crippen LogP contribution in [0.2, 0.25) is 0 Å². The van der Waals surface area contributed by atoms with E-state index in [1.54, 1.807) is 0 Å². The van der Waals surface area contributed by atoms with Gasteiger partial charge in [0, 0.05) is 30.6 Å². The van der Waals surface area contributed by atoms with Gasteiger partial charge in [-0.1, -0.05) is 30.3 Å². The van der Waals surface area contributed by atoms with Gasteiger partial charge in [-0.3, -0.25) is 4.90 Å². The van der Waals surface area contributed by atoms with Crippen LogP contribution in [0.1, 0.15) is 16.7 Å². The molecule has 0 N–H and O–H groups in total. The van der Waals surface area contributed by atoms with E-state index in [-0.39, 0.29) is 5.82 Å². The van der Waals surface area contributed by atoms with Crippen molar-refractivity contribution in [3.8, 4) is 5.88 Å². The summed E-state index contributed by atoms with van der Waals surface area (Å²) >= 11 is 0. The molecule has 0 aliphatic carbocycles. The Morgan fingerprint density at radius 1 is 1.17 bits per heavy atom. The van der Waals surface area contributed by atoms with Crippen molar-refractivity contribution in [2.24, 2.45) is 0 Å². The van der Waals surface area contributed by atoms with Crippen LogP contribution in [-0.4, -0.2) is 23.0 Å². The average molecular weight is 322 g/mol. The molecule has 1 aliphatic heterocycles. The number of hydrogen-bond acceptors (Lipinski definition) is 3. The Morgan fingerprint density at radius 3 is 2.83 bits per heavy atom. The first kappa shape index (κ1) is 15.1. The minimum absolute atomic E-state index is 0.200. The summed E-state index contributed by atoms with van der Waals surface area (Å²) in [6.07, 6.45) is 0. The first-order chi connectivity index (χ1) is 11.7. The van der Waals surface area contributed by atoms with Gasteiger partial charge in [0.15, 0.2) is 0 Å². The number of para-hydroxylation sites is 1. The number of rotatable bonds is 2. The molecule has 1 aliphatic rings. The van der Waals surface area contributed by atoms with Crippen LogP contribution in [0.25, 0.3) is 10.9 Å². The lowest BCUT2D eigenvalue weighted by atomic mass is 10.1. The van der Waals surface area contributed by atoms with Gasteiger partial charge in [-0.05, 0) is 36.2 Å². The molecule has 0 atom stereocenters. The molecule has 3 aromatic rings. The molecule has 4 rings (SSSR count). The van der Waals surface area contributed by atoms with Crippen LogP contribution in [0.3, 0.4) is 0 Å². The zero-order valence-corrected chi connectivity index (χ0v) is 13.6. The monoisotopic (exact) mass is 322 g/mol. The summed E-state index contributed by atoms with van der Waals surface area (Å²) < 4.78 is 19.0. The van der Waals surface area contributed by atoms with Gasteiger partial charge >= 0.3 is 0 Å². The lowest BCUT2D eigenvalue weighted by Crippen LogP contribution is -2.25. The van der Waals surface area contributed by atoms with Crippen LogP contribution in [0, 0.1) is 12.7 Å². The van der Waals surface area contributed by atoms with Crippen LogP contribution in [0.4, 0.5) is 4.39 Å². The van der Waals surface area contributed by atoms with Crippen molar-refractivity contribution in [1.29, 1.82) is 0 Å². The van der Waals surface area contributed by atoms with Gasteiger partial charge in [-0.25, -0.2) is 9.37 Å². The van der Waals surface area contributed by atoms with E-state index in [1.165, 1.54) is 12.1 Å². The quantitative estimate of drug-likeness (QED) is 0.711. The lowest BCUT2D eigenvalue weighted by molar-refractivity contribution is 0.217. The fourth-order valence-electron chi connectivity index (χ4n) is 3.19. The number of aryl methyl sites for hydroxylation is 1. The summed E-state index contributed by atoms with van der Waals surface area (Å²) in [6.45, 7) is 5.05. The van der Waals surface area contributed by atoms with E-state index in [1.807, 2.05) is 12.1 Å². The number of halogens is 1. The van der Waals surface area contributed by atoms with Crippen molar-refractivity contribution in [3.05, 3.63) is 71.0 Å². The van der Waals surface area contributed by atoms with Crippen molar-refractivity contribution < 1.29 is 9.13 Å². The molecule has 0 spiro atoms. The predicted molar refractivity (Wildman–Crippen MR) is 92.5 cm³/mol. The zero-order valence-electron chi connectivity index (χ0n) is 13.6. The maximum Gasteiger partial charge on any atom is 0.218 e. The largest absolute Gasteiger partial charge is 0.476 e. The topological polar surface area (TPSA) is 25.4 Å². The molecule has 0 fully saturated rings. The molecule has 0 unspecified atom stereocenters. The number of nitrogens with zero attached hydrogens (tertiary/aromatic N) is 2. The summed E-state index contributed by atoms with van der Waals surface area (Å²) in [4.78, 5) is 7.04. The van der Waals surface area contributed by atoms with Gasteiger partial charge in [-0.2, -0.15) is 0 Å². The minimum Gasteiger partial charge on any atom is -0.476 e. The number of benzene rings is 2. The Balaban J connectivity index is 1.63. The maximum absolute atomic E-state index is 13.1. The van der Waals surface area contributed by atoms with E-state index in [0.717, 1.165) is 53.1 Å². The third kappa shape index (κ3) is 2.97. The molecule has 2 heterocycles. The highest BCUT2D eigenvalue weighted by Crippen LogP contribution is 2.27. The average Bonchev–Trinajstić information content (AvgIpc) is 2.77. The molecule has 0 bridgehead atoms. The van der Waals surface area contributed by atoms with E-state index < -0.39 is 0 Å². The Labute approximate surface area is 140 Å². The normalized spacial score (nSPS) is 14.9.